The Bertz CT molecular complexity index is 1020. The highest BCUT2D eigenvalue weighted by Gasteiger charge is 2.17. The van der Waals surface area contributed by atoms with Gasteiger partial charge >= 0.3 is 0 Å². The Morgan fingerprint density at radius 3 is 2.32 bits per heavy atom. The third-order valence-electron chi connectivity index (χ3n) is 4.70. The highest BCUT2D eigenvalue weighted by molar-refractivity contribution is 5.91. The summed E-state index contributed by atoms with van der Waals surface area (Å²) in [5, 5.41) is 1.96. The summed E-state index contributed by atoms with van der Waals surface area (Å²) in [6.07, 6.45) is 4.66. The van der Waals surface area contributed by atoms with Crippen molar-refractivity contribution >= 4 is 10.8 Å². The highest BCUT2D eigenvalue weighted by atomic mass is 16.5. The van der Waals surface area contributed by atoms with Crippen molar-refractivity contribution in [2.75, 3.05) is 20.8 Å². The quantitative estimate of drug-likeness (QED) is 0.382. The van der Waals surface area contributed by atoms with Crippen LogP contribution in [0, 0.1) is 0 Å². The van der Waals surface area contributed by atoms with Crippen molar-refractivity contribution in [3.63, 3.8) is 0 Å². The third kappa shape index (κ3) is 3.96. The lowest BCUT2D eigenvalue weighted by molar-refractivity contribution is 0.355. The first-order valence-corrected chi connectivity index (χ1v) is 9.62. The minimum atomic E-state index is 0.621. The second-order valence-corrected chi connectivity index (χ2v) is 6.56. The van der Waals surface area contributed by atoms with Crippen LogP contribution in [0.5, 0.6) is 11.5 Å². The Morgan fingerprint density at radius 2 is 1.71 bits per heavy atom. The van der Waals surface area contributed by atoms with Crippen LogP contribution in [-0.2, 0) is 6.42 Å². The molecule has 0 amide bonds. The molecule has 0 saturated heterocycles. The molecule has 0 radical (unpaired) electrons. The first kappa shape index (κ1) is 19.7. The minimum Gasteiger partial charge on any atom is -0.493 e. The fourth-order valence-corrected chi connectivity index (χ4v) is 3.27. The summed E-state index contributed by atoms with van der Waals surface area (Å²) in [6, 6.07) is 14.1. The predicted octanol–water partition coefficient (Wildman–Crippen LogP) is 5.55. The predicted molar refractivity (Wildman–Crippen MR) is 114 cm³/mol. The van der Waals surface area contributed by atoms with Crippen LogP contribution in [0.4, 0.5) is 0 Å². The molecular weight excluding hydrogens is 350 g/mol. The summed E-state index contributed by atoms with van der Waals surface area (Å²) in [5.74, 6) is 2.16. The summed E-state index contributed by atoms with van der Waals surface area (Å²) in [6.45, 7) is 6.81. The molecule has 28 heavy (non-hydrogen) atoms. The van der Waals surface area contributed by atoms with E-state index in [4.69, 9.17) is 18.9 Å². The van der Waals surface area contributed by atoms with Gasteiger partial charge in [-0.15, -0.1) is 6.58 Å². The number of allylic oxidation sites excluding steroid dienone is 1. The van der Waals surface area contributed by atoms with Crippen molar-refractivity contribution in [3.8, 4) is 22.8 Å². The van der Waals surface area contributed by atoms with Crippen LogP contribution in [0.1, 0.15) is 25.3 Å². The van der Waals surface area contributed by atoms with Gasteiger partial charge in [-0.2, -0.15) is 0 Å². The number of fused-ring (bicyclic) bond motifs is 1. The van der Waals surface area contributed by atoms with E-state index in [0.29, 0.717) is 23.5 Å². The van der Waals surface area contributed by atoms with E-state index < -0.39 is 0 Å². The third-order valence-corrected chi connectivity index (χ3v) is 4.70. The minimum absolute atomic E-state index is 0.621. The number of benzene rings is 2. The lowest BCUT2D eigenvalue weighted by atomic mass is 9.98. The fourth-order valence-electron chi connectivity index (χ4n) is 3.27. The largest absolute Gasteiger partial charge is 0.493 e. The molecule has 0 N–H and O–H groups in total. The van der Waals surface area contributed by atoms with Gasteiger partial charge in [0.25, 0.3) is 0 Å². The lowest BCUT2D eigenvalue weighted by Crippen LogP contribution is -2.09. The van der Waals surface area contributed by atoms with Crippen molar-refractivity contribution in [1.82, 2.24) is 0 Å². The molecule has 0 spiro atoms. The standard InChI is InChI=1S/C24H27NO3/c1-5-7-14-25-24-20-16-22(27-4)21(26-3)15-19(20)18(11-6-2)23(28-24)17-12-9-8-10-13-17/h6,8-10,12-13,15-16H,2,5,7,11,14H2,1,3-4H3. The van der Waals surface area contributed by atoms with Crippen LogP contribution >= 0.6 is 0 Å². The molecule has 1 aromatic heterocycles. The van der Waals surface area contributed by atoms with Gasteiger partial charge < -0.3 is 13.9 Å². The number of hydrogen-bond donors (Lipinski definition) is 0. The van der Waals surface area contributed by atoms with E-state index in [1.165, 1.54) is 0 Å². The molecule has 1 heterocycles. The van der Waals surface area contributed by atoms with E-state index in [1.54, 1.807) is 14.2 Å². The number of nitrogens with zero attached hydrogens (tertiary/aromatic N) is 1. The van der Waals surface area contributed by atoms with E-state index in [9.17, 15) is 0 Å². The molecule has 0 fully saturated rings. The van der Waals surface area contributed by atoms with Crippen LogP contribution in [0.15, 0.2) is 64.5 Å². The zero-order valence-electron chi connectivity index (χ0n) is 16.8. The molecule has 0 unspecified atom stereocenters. The summed E-state index contributed by atoms with van der Waals surface area (Å²) in [7, 11) is 3.28. The normalized spacial score (nSPS) is 11.6. The molecule has 0 saturated carbocycles. The van der Waals surface area contributed by atoms with Gasteiger partial charge in [0.2, 0.25) is 5.55 Å². The number of hydrogen-bond acceptors (Lipinski definition) is 4. The Hall–Kier alpha value is -3.01. The van der Waals surface area contributed by atoms with Crippen LogP contribution in [0.25, 0.3) is 22.1 Å². The molecule has 4 nitrogen and oxygen atoms in total. The topological polar surface area (TPSA) is 44.0 Å². The van der Waals surface area contributed by atoms with Gasteiger partial charge in [-0.25, -0.2) is 0 Å². The summed E-state index contributed by atoms with van der Waals surface area (Å²) in [4.78, 5) is 4.75. The van der Waals surface area contributed by atoms with Gasteiger partial charge in [-0.3, -0.25) is 4.99 Å². The first-order valence-electron chi connectivity index (χ1n) is 9.62. The maximum absolute atomic E-state index is 6.37. The lowest BCUT2D eigenvalue weighted by Gasteiger charge is -2.15. The van der Waals surface area contributed by atoms with Gasteiger partial charge in [0.15, 0.2) is 11.5 Å². The van der Waals surface area contributed by atoms with Gasteiger partial charge in [0.1, 0.15) is 5.76 Å². The summed E-state index contributed by atoms with van der Waals surface area (Å²) in [5.41, 5.74) is 2.70. The van der Waals surface area contributed by atoms with Crippen LogP contribution in [-0.4, -0.2) is 20.8 Å². The van der Waals surface area contributed by atoms with Gasteiger partial charge in [-0.1, -0.05) is 49.8 Å². The van der Waals surface area contributed by atoms with Crippen LogP contribution in [0.3, 0.4) is 0 Å². The molecule has 0 aliphatic rings. The Balaban J connectivity index is 2.40. The zero-order chi connectivity index (χ0) is 19.9. The second-order valence-electron chi connectivity index (χ2n) is 6.56. The summed E-state index contributed by atoms with van der Waals surface area (Å²) >= 11 is 0. The average molecular weight is 377 g/mol. The number of methoxy groups -OCH3 is 2. The zero-order valence-corrected chi connectivity index (χ0v) is 16.8. The Labute approximate surface area is 166 Å². The first-order chi connectivity index (χ1) is 13.7. The number of unbranched alkanes of at least 4 members (excludes halogenated alkanes) is 1. The monoisotopic (exact) mass is 377 g/mol. The molecular formula is C24H27NO3. The molecule has 0 bridgehead atoms. The van der Waals surface area contributed by atoms with Gasteiger partial charge in [0, 0.05) is 23.1 Å². The van der Waals surface area contributed by atoms with E-state index in [2.05, 4.69) is 13.5 Å². The van der Waals surface area contributed by atoms with E-state index in [1.807, 2.05) is 48.5 Å². The molecule has 0 aliphatic heterocycles. The molecule has 146 valence electrons. The van der Waals surface area contributed by atoms with Crippen LogP contribution < -0.4 is 15.0 Å². The SMILES string of the molecule is C=CCc1c(-c2ccccc2)oc(=NCCCC)c2cc(OC)c(OC)cc12. The van der Waals surface area contributed by atoms with Crippen molar-refractivity contribution in [2.45, 2.75) is 26.2 Å². The average Bonchev–Trinajstić information content (AvgIpc) is 2.74. The van der Waals surface area contributed by atoms with Crippen molar-refractivity contribution in [2.24, 2.45) is 4.99 Å². The fraction of sp³-hybridized carbons (Fsp3) is 0.292. The van der Waals surface area contributed by atoms with E-state index in [-0.39, 0.29) is 0 Å². The van der Waals surface area contributed by atoms with Crippen molar-refractivity contribution < 1.29 is 13.9 Å². The number of ether oxygens (including phenoxy) is 2. The smallest absolute Gasteiger partial charge is 0.222 e. The van der Waals surface area contributed by atoms with Crippen molar-refractivity contribution in [1.29, 1.82) is 0 Å². The maximum Gasteiger partial charge on any atom is 0.222 e. The molecule has 3 rings (SSSR count). The van der Waals surface area contributed by atoms with Gasteiger partial charge in [0.05, 0.1) is 14.2 Å². The van der Waals surface area contributed by atoms with Gasteiger partial charge in [-0.05, 0) is 30.4 Å². The Kier molecular flexibility index (Phi) is 6.53. The van der Waals surface area contributed by atoms with E-state index in [0.717, 1.165) is 47.0 Å². The number of rotatable bonds is 8. The molecule has 4 heteroatoms. The maximum atomic E-state index is 6.37. The second kappa shape index (κ2) is 9.27. The molecule has 0 atom stereocenters. The van der Waals surface area contributed by atoms with Crippen LogP contribution in [0.2, 0.25) is 0 Å². The molecule has 2 aromatic carbocycles. The molecule has 3 aromatic rings. The summed E-state index contributed by atoms with van der Waals surface area (Å²) < 4.78 is 17.4. The highest BCUT2D eigenvalue weighted by Crippen LogP contribution is 2.36. The molecule has 0 aliphatic carbocycles. The van der Waals surface area contributed by atoms with Crippen molar-refractivity contribution in [3.05, 3.63) is 66.2 Å². The van der Waals surface area contributed by atoms with E-state index >= 15 is 0 Å². The Morgan fingerprint density at radius 1 is 1.04 bits per heavy atom.